The minimum atomic E-state index is -0.773. The van der Waals surface area contributed by atoms with Gasteiger partial charge in [0.1, 0.15) is 0 Å². The molecule has 1 aliphatic rings. The summed E-state index contributed by atoms with van der Waals surface area (Å²) in [6.07, 6.45) is 4.03. The predicted octanol–water partition coefficient (Wildman–Crippen LogP) is 3.16. The van der Waals surface area contributed by atoms with Gasteiger partial charge in [-0.3, -0.25) is 9.59 Å². The predicted molar refractivity (Wildman–Crippen MR) is 79.4 cm³/mol. The van der Waals surface area contributed by atoms with E-state index in [1.165, 1.54) is 0 Å². The van der Waals surface area contributed by atoms with E-state index in [2.05, 4.69) is 27.7 Å². The van der Waals surface area contributed by atoms with Crippen molar-refractivity contribution in [1.82, 2.24) is 4.90 Å². The first-order valence-electron chi connectivity index (χ1n) is 7.88. The molecule has 0 aromatic carbocycles. The summed E-state index contributed by atoms with van der Waals surface area (Å²) in [4.78, 5) is 25.9. The van der Waals surface area contributed by atoms with Gasteiger partial charge in [0.15, 0.2) is 0 Å². The summed E-state index contributed by atoms with van der Waals surface area (Å²) in [6, 6.07) is 0. The number of piperidine rings is 1. The molecule has 0 aromatic rings. The van der Waals surface area contributed by atoms with Crippen LogP contribution in [0.5, 0.6) is 0 Å². The second-order valence-electron chi connectivity index (χ2n) is 6.51. The number of rotatable bonds is 6. The highest BCUT2D eigenvalue weighted by molar-refractivity contribution is 5.83. The average molecular weight is 283 g/mol. The molecular formula is C16H29NO3. The zero-order chi connectivity index (χ0) is 15.3. The Kier molecular flexibility index (Phi) is 6.03. The number of carbonyl (C=O) groups is 2. The van der Waals surface area contributed by atoms with Gasteiger partial charge in [-0.1, -0.05) is 27.7 Å². The Morgan fingerprint density at radius 1 is 1.30 bits per heavy atom. The maximum atomic E-state index is 12.9. The Labute approximate surface area is 122 Å². The molecule has 0 radical (unpaired) electrons. The molecule has 1 atom stereocenters. The molecule has 1 fully saturated rings. The number of nitrogens with zero attached hydrogens (tertiary/aromatic N) is 1. The van der Waals surface area contributed by atoms with Crippen LogP contribution in [0.3, 0.4) is 0 Å². The lowest BCUT2D eigenvalue weighted by atomic mass is 9.74. The molecule has 0 saturated carbocycles. The Morgan fingerprint density at radius 2 is 1.90 bits per heavy atom. The first-order chi connectivity index (χ1) is 9.36. The van der Waals surface area contributed by atoms with Crippen LogP contribution in [0.2, 0.25) is 0 Å². The van der Waals surface area contributed by atoms with Gasteiger partial charge >= 0.3 is 5.97 Å². The van der Waals surface area contributed by atoms with Gasteiger partial charge < -0.3 is 10.0 Å². The van der Waals surface area contributed by atoms with Crippen molar-refractivity contribution in [2.75, 3.05) is 13.1 Å². The monoisotopic (exact) mass is 283 g/mol. The topological polar surface area (TPSA) is 57.6 Å². The molecule has 0 aliphatic carbocycles. The van der Waals surface area contributed by atoms with E-state index in [4.69, 9.17) is 5.11 Å². The molecular weight excluding hydrogens is 254 g/mol. The summed E-state index contributed by atoms with van der Waals surface area (Å²) in [7, 11) is 0. The van der Waals surface area contributed by atoms with Crippen LogP contribution < -0.4 is 0 Å². The average Bonchev–Trinajstić information content (AvgIpc) is 2.44. The summed E-state index contributed by atoms with van der Waals surface area (Å²) in [6.45, 7) is 9.52. The molecule has 4 nitrogen and oxygen atoms in total. The molecule has 4 heteroatoms. The van der Waals surface area contributed by atoms with Gasteiger partial charge in [0, 0.05) is 18.5 Å². The highest BCUT2D eigenvalue weighted by atomic mass is 16.4. The van der Waals surface area contributed by atoms with Crippen LogP contribution in [0.25, 0.3) is 0 Å². The van der Waals surface area contributed by atoms with Crippen molar-refractivity contribution in [3.8, 4) is 0 Å². The zero-order valence-corrected chi connectivity index (χ0v) is 13.3. The Balaban J connectivity index is 2.86. The molecule has 1 rings (SSSR count). The first-order valence-corrected chi connectivity index (χ1v) is 7.88. The fraction of sp³-hybridized carbons (Fsp3) is 0.875. The molecule has 1 unspecified atom stereocenters. The Morgan fingerprint density at radius 3 is 2.35 bits per heavy atom. The Bertz CT molecular complexity index is 348. The fourth-order valence-electron chi connectivity index (χ4n) is 3.41. The van der Waals surface area contributed by atoms with Crippen LogP contribution in [-0.2, 0) is 9.59 Å². The van der Waals surface area contributed by atoms with E-state index in [-0.39, 0.29) is 11.3 Å². The van der Waals surface area contributed by atoms with Crippen LogP contribution in [-0.4, -0.2) is 35.0 Å². The Hall–Kier alpha value is -1.06. The van der Waals surface area contributed by atoms with Gasteiger partial charge in [0.2, 0.25) is 5.91 Å². The van der Waals surface area contributed by atoms with E-state index in [1.807, 2.05) is 0 Å². The second-order valence-corrected chi connectivity index (χ2v) is 6.51. The second kappa shape index (κ2) is 7.09. The van der Waals surface area contributed by atoms with E-state index < -0.39 is 11.9 Å². The normalized spacial score (nSPS) is 20.2. The molecule has 1 heterocycles. The minimum absolute atomic E-state index is 0.169. The summed E-state index contributed by atoms with van der Waals surface area (Å²) in [5, 5.41) is 9.16. The third-order valence-corrected chi connectivity index (χ3v) is 4.66. The summed E-state index contributed by atoms with van der Waals surface area (Å²) >= 11 is 0. The molecule has 1 saturated heterocycles. The minimum Gasteiger partial charge on any atom is -0.481 e. The standard InChI is InChI=1S/C16H29NO3/c1-5-16(6-2,10-12(3)4)15(20)17-9-7-8-13(11-17)14(18)19/h12-13H,5-11H2,1-4H3,(H,18,19). The van der Waals surface area contributed by atoms with Gasteiger partial charge in [0.25, 0.3) is 0 Å². The van der Waals surface area contributed by atoms with Crippen molar-refractivity contribution >= 4 is 11.9 Å². The summed E-state index contributed by atoms with van der Waals surface area (Å²) in [5.41, 5.74) is -0.311. The smallest absolute Gasteiger partial charge is 0.308 e. The first kappa shape index (κ1) is 17.0. The number of carbonyl (C=O) groups excluding carboxylic acids is 1. The number of likely N-dealkylation sites (tertiary alicyclic amines) is 1. The van der Waals surface area contributed by atoms with Crippen molar-refractivity contribution in [2.24, 2.45) is 17.3 Å². The maximum absolute atomic E-state index is 12.9. The number of amides is 1. The molecule has 1 aliphatic heterocycles. The van der Waals surface area contributed by atoms with E-state index in [9.17, 15) is 9.59 Å². The van der Waals surface area contributed by atoms with Crippen molar-refractivity contribution in [2.45, 2.75) is 59.8 Å². The summed E-state index contributed by atoms with van der Waals surface area (Å²) < 4.78 is 0. The maximum Gasteiger partial charge on any atom is 0.308 e. The SMILES string of the molecule is CCC(CC)(CC(C)C)C(=O)N1CCCC(C(=O)O)C1. The van der Waals surface area contributed by atoms with Crippen LogP contribution in [0.4, 0.5) is 0 Å². The van der Waals surface area contributed by atoms with Gasteiger partial charge in [-0.2, -0.15) is 0 Å². The van der Waals surface area contributed by atoms with Crippen LogP contribution in [0, 0.1) is 17.3 Å². The van der Waals surface area contributed by atoms with Crippen molar-refractivity contribution < 1.29 is 14.7 Å². The zero-order valence-electron chi connectivity index (χ0n) is 13.3. The van der Waals surface area contributed by atoms with Gasteiger partial charge in [0.05, 0.1) is 5.92 Å². The van der Waals surface area contributed by atoms with Gasteiger partial charge in [-0.25, -0.2) is 0 Å². The van der Waals surface area contributed by atoms with Gasteiger partial charge in [-0.05, 0) is 38.0 Å². The number of carboxylic acid groups (broad SMARTS) is 1. The molecule has 0 spiro atoms. The molecule has 1 N–H and O–H groups in total. The molecule has 0 bridgehead atoms. The number of aliphatic carboxylic acids is 1. The number of hydrogen-bond acceptors (Lipinski definition) is 2. The molecule has 116 valence electrons. The van der Waals surface area contributed by atoms with E-state index in [0.717, 1.165) is 25.7 Å². The highest BCUT2D eigenvalue weighted by Gasteiger charge is 2.40. The van der Waals surface area contributed by atoms with Crippen LogP contribution in [0.15, 0.2) is 0 Å². The molecule has 0 aromatic heterocycles. The van der Waals surface area contributed by atoms with Crippen LogP contribution in [0.1, 0.15) is 59.8 Å². The molecule has 20 heavy (non-hydrogen) atoms. The largest absolute Gasteiger partial charge is 0.481 e. The number of carboxylic acids is 1. The third kappa shape index (κ3) is 3.74. The quantitative estimate of drug-likeness (QED) is 0.814. The van der Waals surface area contributed by atoms with E-state index in [0.29, 0.717) is 25.4 Å². The lowest BCUT2D eigenvalue weighted by Gasteiger charge is -2.40. The number of hydrogen-bond donors (Lipinski definition) is 1. The van der Waals surface area contributed by atoms with Crippen molar-refractivity contribution in [1.29, 1.82) is 0 Å². The van der Waals surface area contributed by atoms with E-state index >= 15 is 0 Å². The highest BCUT2D eigenvalue weighted by Crippen LogP contribution is 2.37. The fourth-order valence-corrected chi connectivity index (χ4v) is 3.41. The third-order valence-electron chi connectivity index (χ3n) is 4.66. The van der Waals surface area contributed by atoms with Crippen molar-refractivity contribution in [3.63, 3.8) is 0 Å². The van der Waals surface area contributed by atoms with E-state index in [1.54, 1.807) is 4.90 Å². The van der Waals surface area contributed by atoms with Crippen LogP contribution >= 0.6 is 0 Å². The lowest BCUT2D eigenvalue weighted by molar-refractivity contribution is -0.150. The van der Waals surface area contributed by atoms with Gasteiger partial charge in [-0.15, -0.1) is 0 Å². The van der Waals surface area contributed by atoms with Crippen molar-refractivity contribution in [3.05, 3.63) is 0 Å². The lowest BCUT2D eigenvalue weighted by Crippen LogP contribution is -2.49. The summed E-state index contributed by atoms with van der Waals surface area (Å²) in [5.74, 6) is -0.524. The molecule has 1 amide bonds.